The first-order valence-electron chi connectivity index (χ1n) is 8.14. The van der Waals surface area contributed by atoms with Crippen molar-refractivity contribution >= 4 is 5.91 Å². The van der Waals surface area contributed by atoms with E-state index in [0.29, 0.717) is 17.2 Å². The molecule has 2 heterocycles. The second-order valence-corrected chi connectivity index (χ2v) is 5.66. The number of nitrogens with zero attached hydrogens (tertiary/aromatic N) is 4. The number of hydrogen-bond acceptors (Lipinski definition) is 4. The van der Waals surface area contributed by atoms with Crippen molar-refractivity contribution in [2.24, 2.45) is 0 Å². The lowest BCUT2D eigenvalue weighted by atomic mass is 10.2. The van der Waals surface area contributed by atoms with E-state index in [4.69, 9.17) is 0 Å². The Kier molecular flexibility index (Phi) is 4.26. The summed E-state index contributed by atoms with van der Waals surface area (Å²) in [6, 6.07) is 18.8. The molecule has 1 amide bonds. The van der Waals surface area contributed by atoms with E-state index in [2.05, 4.69) is 25.6 Å². The molecule has 0 aliphatic carbocycles. The highest BCUT2D eigenvalue weighted by Gasteiger charge is 2.10. The van der Waals surface area contributed by atoms with Crippen molar-refractivity contribution in [3.8, 4) is 17.1 Å². The molecule has 4 rings (SSSR count). The smallest absolute Gasteiger partial charge is 0.251 e. The lowest BCUT2D eigenvalue weighted by Crippen LogP contribution is -2.23. The second-order valence-electron chi connectivity index (χ2n) is 5.66. The number of carbonyl (C=O) groups is 1. The molecule has 0 radical (unpaired) electrons. The van der Waals surface area contributed by atoms with Crippen molar-refractivity contribution in [3.63, 3.8) is 0 Å². The third kappa shape index (κ3) is 3.36. The van der Waals surface area contributed by atoms with Crippen LogP contribution in [0, 0.1) is 0 Å². The second kappa shape index (κ2) is 7.02. The normalized spacial score (nSPS) is 10.6. The largest absolute Gasteiger partial charge is 0.345 e. The van der Waals surface area contributed by atoms with E-state index in [1.54, 1.807) is 23.0 Å². The van der Waals surface area contributed by atoms with E-state index in [0.717, 1.165) is 11.3 Å². The van der Waals surface area contributed by atoms with Crippen LogP contribution in [0.25, 0.3) is 17.1 Å². The summed E-state index contributed by atoms with van der Waals surface area (Å²) in [5.74, 6) is 1.02. The molecule has 2 aromatic heterocycles. The van der Waals surface area contributed by atoms with Gasteiger partial charge in [0.05, 0.1) is 12.2 Å². The Hall–Kier alpha value is -3.74. The molecule has 0 unspecified atom stereocenters. The van der Waals surface area contributed by atoms with E-state index in [9.17, 15) is 4.79 Å². The molecule has 0 aliphatic rings. The highest BCUT2D eigenvalue weighted by molar-refractivity contribution is 5.94. The number of carbonyl (C=O) groups excluding carboxylic acids is 1. The van der Waals surface area contributed by atoms with E-state index in [-0.39, 0.29) is 12.5 Å². The molecule has 0 saturated heterocycles. The zero-order chi connectivity index (χ0) is 17.8. The number of nitrogens with one attached hydrogen (secondary N) is 2. The van der Waals surface area contributed by atoms with Crippen LogP contribution in [-0.4, -0.2) is 30.9 Å². The minimum absolute atomic E-state index is 0.184. The van der Waals surface area contributed by atoms with Crippen LogP contribution < -0.4 is 5.32 Å². The third-order valence-corrected chi connectivity index (χ3v) is 3.86. The van der Waals surface area contributed by atoms with Gasteiger partial charge in [0.15, 0.2) is 5.82 Å². The molecule has 7 heteroatoms. The van der Waals surface area contributed by atoms with Crippen molar-refractivity contribution in [2.75, 3.05) is 0 Å². The fourth-order valence-corrected chi connectivity index (χ4v) is 2.57. The van der Waals surface area contributed by atoms with Gasteiger partial charge >= 0.3 is 0 Å². The quantitative estimate of drug-likeness (QED) is 0.582. The molecule has 4 aromatic rings. The van der Waals surface area contributed by atoms with Crippen LogP contribution in [-0.2, 0) is 6.54 Å². The maximum Gasteiger partial charge on any atom is 0.251 e. The van der Waals surface area contributed by atoms with Gasteiger partial charge < -0.3 is 5.32 Å². The molecule has 0 spiro atoms. The average molecular weight is 344 g/mol. The van der Waals surface area contributed by atoms with Crippen LogP contribution in [0.2, 0.25) is 0 Å². The molecule has 0 aliphatic heterocycles. The lowest BCUT2D eigenvalue weighted by molar-refractivity contribution is 0.0950. The number of hydrogen-bond donors (Lipinski definition) is 2. The first kappa shape index (κ1) is 15.8. The monoisotopic (exact) mass is 344 g/mol. The Morgan fingerprint density at radius 3 is 2.77 bits per heavy atom. The van der Waals surface area contributed by atoms with Gasteiger partial charge in [-0.05, 0) is 24.3 Å². The molecule has 2 aromatic carbocycles. The summed E-state index contributed by atoms with van der Waals surface area (Å²) in [6.07, 6.45) is 3.53. The number of aromatic nitrogens is 5. The molecule has 2 N–H and O–H groups in total. The molecule has 0 saturated carbocycles. The van der Waals surface area contributed by atoms with E-state index in [1.165, 1.54) is 0 Å². The van der Waals surface area contributed by atoms with Gasteiger partial charge in [0.25, 0.3) is 5.91 Å². The van der Waals surface area contributed by atoms with Gasteiger partial charge in [0.2, 0.25) is 0 Å². The van der Waals surface area contributed by atoms with Crippen molar-refractivity contribution < 1.29 is 4.79 Å². The Morgan fingerprint density at radius 1 is 1.08 bits per heavy atom. The van der Waals surface area contributed by atoms with E-state index >= 15 is 0 Å². The van der Waals surface area contributed by atoms with Crippen molar-refractivity contribution in [1.29, 1.82) is 0 Å². The predicted octanol–water partition coefficient (Wildman–Crippen LogP) is 2.59. The summed E-state index contributed by atoms with van der Waals surface area (Å²) in [7, 11) is 0. The van der Waals surface area contributed by atoms with E-state index in [1.807, 2.05) is 54.7 Å². The highest BCUT2D eigenvalue weighted by Crippen LogP contribution is 2.13. The van der Waals surface area contributed by atoms with Gasteiger partial charge in [0.1, 0.15) is 5.82 Å². The molecular formula is C19H16N6O. The highest BCUT2D eigenvalue weighted by atomic mass is 16.1. The number of aromatic amines is 1. The predicted molar refractivity (Wildman–Crippen MR) is 96.6 cm³/mol. The fourth-order valence-electron chi connectivity index (χ4n) is 2.57. The van der Waals surface area contributed by atoms with Crippen LogP contribution in [0.15, 0.2) is 73.1 Å². The van der Waals surface area contributed by atoms with Crippen molar-refractivity contribution in [2.45, 2.75) is 6.54 Å². The first-order chi connectivity index (χ1) is 12.8. The molecule has 26 heavy (non-hydrogen) atoms. The van der Waals surface area contributed by atoms with Gasteiger partial charge in [-0.1, -0.05) is 36.4 Å². The summed E-state index contributed by atoms with van der Waals surface area (Å²) in [4.78, 5) is 16.8. The van der Waals surface area contributed by atoms with Gasteiger partial charge in [-0.25, -0.2) is 9.67 Å². The number of H-pyrrole nitrogens is 1. The zero-order valence-electron chi connectivity index (χ0n) is 13.8. The fraction of sp³-hybridized carbons (Fsp3) is 0.0526. The SMILES string of the molecule is O=C(NCc1nc(-c2ccccc2)n[nH]1)c1cccc(-n2cccn2)c1. The Morgan fingerprint density at radius 2 is 1.96 bits per heavy atom. The molecule has 7 nitrogen and oxygen atoms in total. The van der Waals surface area contributed by atoms with Crippen LogP contribution in [0.5, 0.6) is 0 Å². The van der Waals surface area contributed by atoms with Crippen LogP contribution >= 0.6 is 0 Å². The Bertz CT molecular complexity index is 1010. The summed E-state index contributed by atoms with van der Waals surface area (Å²) >= 11 is 0. The number of rotatable bonds is 5. The first-order valence-corrected chi connectivity index (χ1v) is 8.14. The standard InChI is InChI=1S/C19H16N6O/c26-19(15-8-4-9-16(12-15)25-11-5-10-21-25)20-13-17-22-18(24-23-17)14-6-2-1-3-7-14/h1-12H,13H2,(H,20,26)(H,22,23,24). The van der Waals surface area contributed by atoms with Gasteiger partial charge in [0, 0.05) is 23.5 Å². The van der Waals surface area contributed by atoms with E-state index < -0.39 is 0 Å². The minimum atomic E-state index is -0.184. The molecule has 0 fully saturated rings. The van der Waals surface area contributed by atoms with Crippen LogP contribution in [0.4, 0.5) is 0 Å². The van der Waals surface area contributed by atoms with Crippen molar-refractivity contribution in [3.05, 3.63) is 84.4 Å². The minimum Gasteiger partial charge on any atom is -0.345 e. The van der Waals surface area contributed by atoms with Crippen LogP contribution in [0.3, 0.4) is 0 Å². The summed E-state index contributed by atoms with van der Waals surface area (Å²) in [5, 5.41) is 14.1. The molecule has 128 valence electrons. The zero-order valence-corrected chi connectivity index (χ0v) is 13.8. The Balaban J connectivity index is 1.43. The summed E-state index contributed by atoms with van der Waals surface area (Å²) < 4.78 is 1.71. The summed E-state index contributed by atoms with van der Waals surface area (Å²) in [6.45, 7) is 0.269. The molecular weight excluding hydrogens is 328 g/mol. The average Bonchev–Trinajstić information content (AvgIpc) is 3.39. The van der Waals surface area contributed by atoms with Gasteiger partial charge in [-0.15, -0.1) is 0 Å². The van der Waals surface area contributed by atoms with Gasteiger partial charge in [-0.3, -0.25) is 9.89 Å². The summed E-state index contributed by atoms with van der Waals surface area (Å²) in [5.41, 5.74) is 2.31. The van der Waals surface area contributed by atoms with Gasteiger partial charge in [-0.2, -0.15) is 10.2 Å². The maximum atomic E-state index is 12.4. The lowest BCUT2D eigenvalue weighted by Gasteiger charge is -2.06. The molecule has 0 bridgehead atoms. The number of amides is 1. The topological polar surface area (TPSA) is 88.5 Å². The van der Waals surface area contributed by atoms with Crippen LogP contribution in [0.1, 0.15) is 16.2 Å². The maximum absolute atomic E-state index is 12.4. The Labute approximate surface area is 149 Å². The molecule has 0 atom stereocenters. The third-order valence-electron chi connectivity index (χ3n) is 3.86. The number of benzene rings is 2. The van der Waals surface area contributed by atoms with Crippen molar-refractivity contribution in [1.82, 2.24) is 30.3 Å².